The Morgan fingerprint density at radius 3 is 1.54 bits per heavy atom. The molecule has 0 saturated heterocycles. The molecule has 0 fully saturated rings. The molecule has 0 radical (unpaired) electrons. The van der Waals surface area contributed by atoms with E-state index < -0.39 is 114 Å². The molecule has 8 rings (SSSR count). The van der Waals surface area contributed by atoms with Gasteiger partial charge in [-0.1, -0.05) is 139 Å². The van der Waals surface area contributed by atoms with E-state index >= 15 is 0 Å². The summed E-state index contributed by atoms with van der Waals surface area (Å²) in [6, 6.07) is -4.78. The minimum absolute atomic E-state index is 0.00199. The molecular formula is C38H24O. The molecule has 0 N–H and O–H groups in total. The van der Waals surface area contributed by atoms with Crippen molar-refractivity contribution in [3.63, 3.8) is 0 Å². The second-order valence-electron chi connectivity index (χ2n) is 8.67. The molecule has 0 unspecified atom stereocenters. The lowest BCUT2D eigenvalue weighted by atomic mass is 9.86. The normalized spacial score (nSPS) is 18.4. The highest BCUT2D eigenvalue weighted by molar-refractivity contribution is 6.21. The smallest absolute Gasteiger partial charge is 0.143 e. The quantitative estimate of drug-likeness (QED) is 0.213. The Kier molecular flexibility index (Phi) is 2.28. The molecule has 1 heteroatoms. The van der Waals surface area contributed by atoms with Gasteiger partial charge in [-0.15, -0.1) is 0 Å². The SMILES string of the molecule is [2H]c1cc2c(oc3c([2H])c([2H])c([2H])c([2H])c32)c(-c2ccc(-c3c4c([2H])c([2H])c([2H])c([2H])c4c(-c4c([2H])c([2H])c([2H])c([2H])c4[2H])c4c([2H])c([2H])c([2H])c([2H])c34)cc2)c1[2H]. The number of para-hydroxylation sites is 2. The molecule has 182 valence electrons. The molecule has 1 aromatic heterocycles. The van der Waals surface area contributed by atoms with Gasteiger partial charge in [0.1, 0.15) is 11.2 Å². The predicted molar refractivity (Wildman–Crippen MR) is 165 cm³/mol. The third-order valence-corrected chi connectivity index (χ3v) is 6.60. The van der Waals surface area contributed by atoms with E-state index in [2.05, 4.69) is 0 Å². The molecular weight excluding hydrogens is 472 g/mol. The topological polar surface area (TPSA) is 13.1 Å². The van der Waals surface area contributed by atoms with E-state index in [9.17, 15) is 0 Å². The van der Waals surface area contributed by atoms with Gasteiger partial charge in [0.05, 0.1) is 26.0 Å². The molecule has 0 spiro atoms. The number of rotatable bonds is 3. The van der Waals surface area contributed by atoms with Crippen LogP contribution in [0.3, 0.4) is 0 Å². The van der Waals surface area contributed by atoms with Crippen molar-refractivity contribution in [1.82, 2.24) is 0 Å². The number of hydrogen-bond acceptors (Lipinski definition) is 1. The van der Waals surface area contributed by atoms with Crippen LogP contribution < -0.4 is 0 Å². The highest BCUT2D eigenvalue weighted by Crippen LogP contribution is 2.44. The van der Waals surface area contributed by atoms with Crippen molar-refractivity contribution in [2.24, 2.45) is 0 Å². The highest BCUT2D eigenvalue weighted by Gasteiger charge is 2.17. The number of hydrogen-bond donors (Lipinski definition) is 0. The molecule has 0 bridgehead atoms. The lowest BCUT2D eigenvalue weighted by molar-refractivity contribution is 0.670. The van der Waals surface area contributed by atoms with Crippen molar-refractivity contribution in [3.05, 3.63) is 145 Å². The van der Waals surface area contributed by atoms with Gasteiger partial charge in [-0.05, 0) is 55.4 Å². The predicted octanol–water partition coefficient (Wildman–Crippen LogP) is 10.9. The van der Waals surface area contributed by atoms with Crippen LogP contribution in [0.15, 0.2) is 150 Å². The van der Waals surface area contributed by atoms with E-state index in [-0.39, 0.29) is 77.8 Å². The van der Waals surface area contributed by atoms with Gasteiger partial charge in [0, 0.05) is 16.3 Å². The van der Waals surface area contributed by atoms with Crippen LogP contribution in [0.1, 0.15) is 26.0 Å². The van der Waals surface area contributed by atoms with E-state index in [1.807, 2.05) is 0 Å². The van der Waals surface area contributed by atoms with Gasteiger partial charge in [0.25, 0.3) is 0 Å². The summed E-state index contributed by atoms with van der Waals surface area (Å²) < 4.78 is 170. The van der Waals surface area contributed by atoms with Gasteiger partial charge in [-0.2, -0.15) is 0 Å². The summed E-state index contributed by atoms with van der Waals surface area (Å²) in [5, 5.41) is -1.08. The van der Waals surface area contributed by atoms with Gasteiger partial charge < -0.3 is 4.42 Å². The molecule has 0 amide bonds. The lowest BCUT2D eigenvalue weighted by Gasteiger charge is -2.18. The van der Waals surface area contributed by atoms with E-state index in [0.29, 0.717) is 0 Å². The molecule has 1 heterocycles. The van der Waals surface area contributed by atoms with Gasteiger partial charge in [0.15, 0.2) is 0 Å². The zero-order chi connectivity index (χ0) is 42.3. The molecule has 0 saturated carbocycles. The van der Waals surface area contributed by atoms with Gasteiger partial charge >= 0.3 is 0 Å². The van der Waals surface area contributed by atoms with Crippen LogP contribution in [-0.2, 0) is 0 Å². The Balaban J connectivity index is 1.53. The summed E-state index contributed by atoms with van der Waals surface area (Å²) in [5.41, 5.74) is -0.753. The summed E-state index contributed by atoms with van der Waals surface area (Å²) in [5.74, 6) is 0. The van der Waals surface area contributed by atoms with Gasteiger partial charge in [0.2, 0.25) is 0 Å². The molecule has 0 aliphatic heterocycles. The number of fused-ring (bicyclic) bond motifs is 5. The summed E-state index contributed by atoms with van der Waals surface area (Å²) in [4.78, 5) is 0. The summed E-state index contributed by atoms with van der Waals surface area (Å²) >= 11 is 0. The summed E-state index contributed by atoms with van der Waals surface area (Å²) in [7, 11) is 0. The average molecular weight is 516 g/mol. The largest absolute Gasteiger partial charge is 0.455 e. The maximum absolute atomic E-state index is 9.14. The first-order chi connectivity index (χ1) is 27.2. The minimum Gasteiger partial charge on any atom is -0.455 e. The van der Waals surface area contributed by atoms with Crippen LogP contribution in [-0.4, -0.2) is 0 Å². The third-order valence-electron chi connectivity index (χ3n) is 6.60. The van der Waals surface area contributed by atoms with E-state index in [1.54, 1.807) is 0 Å². The van der Waals surface area contributed by atoms with Crippen molar-refractivity contribution in [3.8, 4) is 33.4 Å². The third kappa shape index (κ3) is 3.41. The molecule has 0 atom stereocenters. The van der Waals surface area contributed by atoms with Crippen molar-refractivity contribution in [2.75, 3.05) is 0 Å². The second-order valence-corrected chi connectivity index (χ2v) is 8.67. The lowest BCUT2D eigenvalue weighted by Crippen LogP contribution is -1.90. The van der Waals surface area contributed by atoms with E-state index in [1.165, 1.54) is 30.3 Å². The van der Waals surface area contributed by atoms with Crippen LogP contribution in [0.25, 0.3) is 76.9 Å². The molecule has 0 aliphatic rings. The van der Waals surface area contributed by atoms with Crippen molar-refractivity contribution >= 4 is 43.5 Å². The zero-order valence-electron chi connectivity index (χ0n) is 38.8. The fourth-order valence-electron chi connectivity index (χ4n) is 4.94. The summed E-state index contributed by atoms with van der Waals surface area (Å²) in [6.45, 7) is 0. The first-order valence-corrected chi connectivity index (χ1v) is 11.8. The first-order valence-electron chi connectivity index (χ1n) is 21.3. The van der Waals surface area contributed by atoms with Crippen LogP contribution in [0.4, 0.5) is 0 Å². The fraction of sp³-hybridized carbons (Fsp3) is 0. The van der Waals surface area contributed by atoms with Crippen LogP contribution >= 0.6 is 0 Å². The standard InChI is InChI=1S/C38H24O/c1-2-11-26(12-3-1)36-30-14-4-6-16-32(30)37(33-17-7-5-15-31(33)36)27-23-21-25(22-24-27)28-18-10-19-34-29-13-8-9-20-35(29)39-38(28)34/h1-24H/i1D,2D,3D,4D,5D,6D,7D,8D,9D,10D,11D,12D,13D,14D,15D,16D,17D,18D,20D. The zero-order valence-corrected chi connectivity index (χ0v) is 19.8. The van der Waals surface area contributed by atoms with E-state index in [4.69, 9.17) is 30.5 Å². The molecule has 0 aliphatic carbocycles. The maximum atomic E-state index is 9.14. The average Bonchev–Trinajstić information content (AvgIpc) is 3.59. The van der Waals surface area contributed by atoms with Crippen molar-refractivity contribution < 1.29 is 30.5 Å². The second kappa shape index (κ2) is 8.72. The number of benzene rings is 7. The fourth-order valence-corrected chi connectivity index (χ4v) is 4.94. The molecule has 1 nitrogen and oxygen atoms in total. The summed E-state index contributed by atoms with van der Waals surface area (Å²) in [6.07, 6.45) is 0. The van der Waals surface area contributed by atoms with Crippen molar-refractivity contribution in [1.29, 1.82) is 0 Å². The number of furan rings is 1. The van der Waals surface area contributed by atoms with Crippen molar-refractivity contribution in [2.45, 2.75) is 0 Å². The van der Waals surface area contributed by atoms with Crippen LogP contribution in [0.2, 0.25) is 0 Å². The Labute approximate surface area is 253 Å². The van der Waals surface area contributed by atoms with E-state index in [0.717, 1.165) is 0 Å². The maximum Gasteiger partial charge on any atom is 0.143 e. The van der Waals surface area contributed by atoms with Gasteiger partial charge in [-0.3, -0.25) is 0 Å². The Bertz CT molecular complexity index is 3100. The highest BCUT2D eigenvalue weighted by atomic mass is 16.3. The van der Waals surface area contributed by atoms with Gasteiger partial charge in [-0.25, -0.2) is 0 Å². The van der Waals surface area contributed by atoms with Crippen LogP contribution in [0, 0.1) is 0 Å². The molecule has 7 aromatic carbocycles. The molecule has 8 aromatic rings. The Hall–Kier alpha value is -5.14. The Morgan fingerprint density at radius 2 is 0.897 bits per heavy atom. The first kappa shape index (κ1) is 10.2. The minimum atomic E-state index is -0.777. The molecule has 39 heavy (non-hydrogen) atoms. The monoisotopic (exact) mass is 515 g/mol. The van der Waals surface area contributed by atoms with Crippen LogP contribution in [0.5, 0.6) is 0 Å². The Morgan fingerprint density at radius 1 is 0.385 bits per heavy atom.